The van der Waals surface area contributed by atoms with Crippen LogP contribution in [0.2, 0.25) is 5.02 Å². The van der Waals surface area contributed by atoms with Gasteiger partial charge < -0.3 is 10.6 Å². The maximum Gasteiger partial charge on any atom is 0.270 e. The number of hydrogen-bond acceptors (Lipinski definition) is 3. The van der Waals surface area contributed by atoms with Crippen LogP contribution in [0.4, 0.5) is 0 Å². The zero-order chi connectivity index (χ0) is 12.8. The number of pyridine rings is 1. The van der Waals surface area contributed by atoms with Gasteiger partial charge in [0.15, 0.2) is 0 Å². The first-order chi connectivity index (χ1) is 8.04. The fourth-order valence-electron chi connectivity index (χ4n) is 1.19. The highest BCUT2D eigenvalue weighted by Gasteiger charge is 2.16. The summed E-state index contributed by atoms with van der Waals surface area (Å²) in [4.78, 5) is 27.0. The molecule has 1 rings (SSSR count). The molecule has 1 aromatic heterocycles. The number of hydrogen-bond donors (Lipinski definition) is 2. The van der Waals surface area contributed by atoms with Gasteiger partial charge in [0.05, 0.1) is 0 Å². The summed E-state index contributed by atoms with van der Waals surface area (Å²) in [5.74, 6) is -0.658. The SMILES string of the molecule is CCNC(=O)C(C)NC(=O)c1cc(Cl)ccn1. The van der Waals surface area contributed by atoms with Gasteiger partial charge in [-0.2, -0.15) is 0 Å². The third kappa shape index (κ3) is 4.03. The van der Waals surface area contributed by atoms with Gasteiger partial charge in [0.1, 0.15) is 11.7 Å². The van der Waals surface area contributed by atoms with Gasteiger partial charge >= 0.3 is 0 Å². The third-order valence-electron chi connectivity index (χ3n) is 2.05. The molecule has 0 aliphatic rings. The smallest absolute Gasteiger partial charge is 0.270 e. The number of amides is 2. The highest BCUT2D eigenvalue weighted by molar-refractivity contribution is 6.30. The van der Waals surface area contributed by atoms with Crippen LogP contribution in [0.3, 0.4) is 0 Å². The van der Waals surface area contributed by atoms with Crippen LogP contribution >= 0.6 is 11.6 Å². The summed E-state index contributed by atoms with van der Waals surface area (Å²) >= 11 is 5.74. The van der Waals surface area contributed by atoms with Gasteiger partial charge in [0, 0.05) is 17.8 Å². The number of aromatic nitrogens is 1. The minimum atomic E-state index is -0.608. The van der Waals surface area contributed by atoms with Crippen molar-refractivity contribution in [2.45, 2.75) is 19.9 Å². The first-order valence-electron chi connectivity index (χ1n) is 5.24. The van der Waals surface area contributed by atoms with Crippen LogP contribution < -0.4 is 10.6 Å². The van der Waals surface area contributed by atoms with Gasteiger partial charge in [-0.3, -0.25) is 14.6 Å². The lowest BCUT2D eigenvalue weighted by Gasteiger charge is -2.12. The Balaban J connectivity index is 2.63. The van der Waals surface area contributed by atoms with Gasteiger partial charge in [-0.1, -0.05) is 11.6 Å². The summed E-state index contributed by atoms with van der Waals surface area (Å²) in [5.41, 5.74) is 0.189. The van der Waals surface area contributed by atoms with Crippen molar-refractivity contribution in [1.29, 1.82) is 0 Å². The molecule has 0 bridgehead atoms. The molecule has 1 heterocycles. The van der Waals surface area contributed by atoms with Crippen molar-refractivity contribution < 1.29 is 9.59 Å². The standard InChI is InChI=1S/C11H14ClN3O2/c1-3-13-10(16)7(2)15-11(17)9-6-8(12)4-5-14-9/h4-7H,3H2,1-2H3,(H,13,16)(H,15,17). The van der Waals surface area contributed by atoms with Crippen LogP contribution in [0.5, 0.6) is 0 Å². The summed E-state index contributed by atoms with van der Waals surface area (Å²) in [6.45, 7) is 3.94. The van der Waals surface area contributed by atoms with E-state index in [1.807, 2.05) is 6.92 Å². The van der Waals surface area contributed by atoms with E-state index in [-0.39, 0.29) is 11.6 Å². The van der Waals surface area contributed by atoms with Gasteiger partial charge in [-0.25, -0.2) is 0 Å². The van der Waals surface area contributed by atoms with Crippen molar-refractivity contribution in [3.8, 4) is 0 Å². The Kier molecular flexibility index (Phi) is 4.90. The lowest BCUT2D eigenvalue weighted by Crippen LogP contribution is -2.44. The number of carbonyl (C=O) groups is 2. The average molecular weight is 256 g/mol. The monoisotopic (exact) mass is 255 g/mol. The van der Waals surface area contributed by atoms with Crippen molar-refractivity contribution >= 4 is 23.4 Å². The van der Waals surface area contributed by atoms with Crippen LogP contribution in [0.1, 0.15) is 24.3 Å². The van der Waals surface area contributed by atoms with Crippen molar-refractivity contribution in [2.24, 2.45) is 0 Å². The number of nitrogens with one attached hydrogen (secondary N) is 2. The first kappa shape index (κ1) is 13.4. The summed E-state index contributed by atoms with van der Waals surface area (Å²) in [6.07, 6.45) is 1.44. The first-order valence-corrected chi connectivity index (χ1v) is 5.62. The van der Waals surface area contributed by atoms with E-state index in [0.29, 0.717) is 11.6 Å². The molecule has 2 amide bonds. The minimum Gasteiger partial charge on any atom is -0.355 e. The molecule has 1 atom stereocenters. The van der Waals surface area contributed by atoms with E-state index in [9.17, 15) is 9.59 Å². The molecule has 0 saturated heterocycles. The Hall–Kier alpha value is -1.62. The lowest BCUT2D eigenvalue weighted by atomic mass is 10.2. The highest BCUT2D eigenvalue weighted by Crippen LogP contribution is 2.07. The fourth-order valence-corrected chi connectivity index (χ4v) is 1.35. The van der Waals surface area contributed by atoms with E-state index in [1.54, 1.807) is 13.0 Å². The topological polar surface area (TPSA) is 71.1 Å². The molecule has 0 aromatic carbocycles. The Morgan fingerprint density at radius 2 is 2.24 bits per heavy atom. The van der Waals surface area contributed by atoms with Crippen molar-refractivity contribution in [3.05, 3.63) is 29.0 Å². The summed E-state index contributed by atoms with van der Waals surface area (Å²) in [6, 6.07) is 2.41. The number of halogens is 1. The Labute approximate surface area is 105 Å². The zero-order valence-electron chi connectivity index (χ0n) is 9.66. The van der Waals surface area contributed by atoms with Crippen molar-refractivity contribution in [1.82, 2.24) is 15.6 Å². The van der Waals surface area contributed by atoms with Gasteiger partial charge in [-0.05, 0) is 26.0 Å². The van der Waals surface area contributed by atoms with Crippen molar-refractivity contribution in [2.75, 3.05) is 6.54 Å². The van der Waals surface area contributed by atoms with Gasteiger partial charge in [0.2, 0.25) is 5.91 Å². The predicted molar refractivity (Wildman–Crippen MR) is 64.9 cm³/mol. The number of nitrogens with zero attached hydrogens (tertiary/aromatic N) is 1. The molecule has 1 aromatic rings. The normalized spacial score (nSPS) is 11.7. The molecule has 0 fully saturated rings. The second kappa shape index (κ2) is 6.20. The Morgan fingerprint density at radius 1 is 1.53 bits per heavy atom. The minimum absolute atomic E-state index is 0.189. The fraction of sp³-hybridized carbons (Fsp3) is 0.364. The lowest BCUT2D eigenvalue weighted by molar-refractivity contribution is -0.122. The van der Waals surface area contributed by atoms with E-state index in [2.05, 4.69) is 15.6 Å². The van der Waals surface area contributed by atoms with Crippen LogP contribution in [-0.2, 0) is 4.79 Å². The summed E-state index contributed by atoms with van der Waals surface area (Å²) in [5, 5.41) is 5.58. The molecule has 0 aliphatic heterocycles. The molecule has 0 saturated carbocycles. The number of likely N-dealkylation sites (N-methyl/N-ethyl adjacent to an activating group) is 1. The number of carbonyl (C=O) groups excluding carboxylic acids is 2. The second-order valence-electron chi connectivity index (χ2n) is 3.45. The Bertz CT molecular complexity index is 423. The highest BCUT2D eigenvalue weighted by atomic mass is 35.5. The van der Waals surface area contributed by atoms with E-state index in [0.717, 1.165) is 0 Å². The number of rotatable bonds is 4. The Morgan fingerprint density at radius 3 is 2.82 bits per heavy atom. The van der Waals surface area contributed by atoms with Gasteiger partial charge in [0.25, 0.3) is 5.91 Å². The maximum absolute atomic E-state index is 11.7. The van der Waals surface area contributed by atoms with E-state index in [1.165, 1.54) is 12.3 Å². The maximum atomic E-state index is 11.7. The molecule has 2 N–H and O–H groups in total. The summed E-state index contributed by atoms with van der Waals surface area (Å²) < 4.78 is 0. The zero-order valence-corrected chi connectivity index (χ0v) is 10.4. The molecule has 0 spiro atoms. The molecule has 17 heavy (non-hydrogen) atoms. The van der Waals surface area contributed by atoms with E-state index < -0.39 is 11.9 Å². The second-order valence-corrected chi connectivity index (χ2v) is 3.89. The third-order valence-corrected chi connectivity index (χ3v) is 2.28. The van der Waals surface area contributed by atoms with Crippen LogP contribution in [0.15, 0.2) is 18.3 Å². The summed E-state index contributed by atoms with van der Waals surface area (Å²) in [7, 11) is 0. The quantitative estimate of drug-likeness (QED) is 0.843. The molecule has 92 valence electrons. The van der Waals surface area contributed by atoms with Crippen LogP contribution in [0.25, 0.3) is 0 Å². The molecule has 6 heteroatoms. The van der Waals surface area contributed by atoms with E-state index in [4.69, 9.17) is 11.6 Å². The van der Waals surface area contributed by atoms with Crippen LogP contribution in [-0.4, -0.2) is 29.4 Å². The molecule has 5 nitrogen and oxygen atoms in total. The molecule has 0 aliphatic carbocycles. The van der Waals surface area contributed by atoms with Crippen LogP contribution in [0, 0.1) is 0 Å². The van der Waals surface area contributed by atoms with Crippen molar-refractivity contribution in [3.63, 3.8) is 0 Å². The molecular weight excluding hydrogens is 242 g/mol. The average Bonchev–Trinajstić information content (AvgIpc) is 2.29. The molecule has 1 unspecified atom stereocenters. The molecular formula is C11H14ClN3O2. The van der Waals surface area contributed by atoms with E-state index >= 15 is 0 Å². The largest absolute Gasteiger partial charge is 0.355 e. The predicted octanol–water partition coefficient (Wildman–Crippen LogP) is 0.989. The molecule has 0 radical (unpaired) electrons. The van der Waals surface area contributed by atoms with Gasteiger partial charge in [-0.15, -0.1) is 0 Å².